The van der Waals surface area contributed by atoms with Gasteiger partial charge in [0.1, 0.15) is 0 Å². The van der Waals surface area contributed by atoms with Gasteiger partial charge in [0.2, 0.25) is 11.8 Å². The summed E-state index contributed by atoms with van der Waals surface area (Å²) in [5.74, 6) is -2.87. The lowest BCUT2D eigenvalue weighted by Gasteiger charge is -2.31. The van der Waals surface area contributed by atoms with E-state index in [2.05, 4.69) is 10.6 Å². The van der Waals surface area contributed by atoms with Gasteiger partial charge in [-0.3, -0.25) is 9.59 Å². The van der Waals surface area contributed by atoms with E-state index in [-0.39, 0.29) is 18.2 Å². The molecule has 6 heteroatoms. The summed E-state index contributed by atoms with van der Waals surface area (Å²) in [5.41, 5.74) is 3.00. The van der Waals surface area contributed by atoms with Crippen LogP contribution in [0.3, 0.4) is 0 Å². The molecule has 3 rings (SSSR count). The molecule has 0 saturated heterocycles. The van der Waals surface area contributed by atoms with Crippen LogP contribution in [0.25, 0.3) is 0 Å². The van der Waals surface area contributed by atoms with E-state index in [1.807, 2.05) is 37.3 Å². The number of benzene rings is 2. The maximum atomic E-state index is 12.6. The Bertz CT molecular complexity index is 895. The van der Waals surface area contributed by atoms with E-state index in [0.29, 0.717) is 24.2 Å². The lowest BCUT2D eigenvalue weighted by Crippen LogP contribution is -2.42. The Balaban J connectivity index is 1.62. The summed E-state index contributed by atoms with van der Waals surface area (Å²) in [5, 5.41) is 17.0. The molecular formula is C23H25N2O4-. The average Bonchev–Trinajstić information content (AvgIpc) is 2.70. The van der Waals surface area contributed by atoms with Crippen LogP contribution >= 0.6 is 0 Å². The quantitative estimate of drug-likeness (QED) is 0.788. The largest absolute Gasteiger partial charge is 0.550 e. The van der Waals surface area contributed by atoms with Crippen molar-refractivity contribution in [2.24, 2.45) is 11.8 Å². The molecule has 6 nitrogen and oxygen atoms in total. The number of amides is 2. The number of aliphatic carboxylic acids is 1. The molecule has 2 N–H and O–H groups in total. The first-order chi connectivity index (χ1) is 13.9. The van der Waals surface area contributed by atoms with E-state index >= 15 is 0 Å². The molecular weight excluding hydrogens is 368 g/mol. The third kappa shape index (κ3) is 5.44. The minimum Gasteiger partial charge on any atom is -0.550 e. The Hall–Kier alpha value is -3.15. The van der Waals surface area contributed by atoms with Crippen molar-refractivity contribution >= 4 is 29.2 Å². The summed E-state index contributed by atoms with van der Waals surface area (Å²) >= 11 is 0. The molecule has 1 aliphatic carbocycles. The third-order valence-corrected chi connectivity index (χ3v) is 5.38. The van der Waals surface area contributed by atoms with Crippen molar-refractivity contribution in [1.82, 2.24) is 0 Å². The molecule has 1 saturated carbocycles. The Kier molecular flexibility index (Phi) is 6.65. The van der Waals surface area contributed by atoms with Gasteiger partial charge in [0.05, 0.1) is 6.42 Å². The molecule has 0 unspecified atom stereocenters. The summed E-state index contributed by atoms with van der Waals surface area (Å²) < 4.78 is 0. The second-order valence-corrected chi connectivity index (χ2v) is 7.55. The van der Waals surface area contributed by atoms with Crippen molar-refractivity contribution in [1.29, 1.82) is 0 Å². The molecule has 1 fully saturated rings. The molecule has 1 aliphatic rings. The van der Waals surface area contributed by atoms with E-state index in [1.54, 1.807) is 18.2 Å². The highest BCUT2D eigenvalue weighted by Gasteiger charge is 2.31. The fraction of sp³-hybridized carbons (Fsp3) is 0.348. The highest BCUT2D eigenvalue weighted by atomic mass is 16.4. The third-order valence-electron chi connectivity index (χ3n) is 5.38. The van der Waals surface area contributed by atoms with Crippen molar-refractivity contribution in [3.63, 3.8) is 0 Å². The van der Waals surface area contributed by atoms with Gasteiger partial charge in [-0.25, -0.2) is 0 Å². The predicted octanol–water partition coefficient (Wildman–Crippen LogP) is 2.67. The second-order valence-electron chi connectivity index (χ2n) is 7.55. The second kappa shape index (κ2) is 9.37. The number of carboxylic acids is 1. The molecule has 2 aromatic carbocycles. The molecule has 2 atom stereocenters. The molecule has 152 valence electrons. The average molecular weight is 393 g/mol. The van der Waals surface area contributed by atoms with Crippen molar-refractivity contribution in [3.8, 4) is 0 Å². The van der Waals surface area contributed by atoms with Crippen LogP contribution in [0, 0.1) is 18.8 Å². The first kappa shape index (κ1) is 20.6. The van der Waals surface area contributed by atoms with Gasteiger partial charge >= 0.3 is 0 Å². The maximum absolute atomic E-state index is 12.6. The first-order valence-electron chi connectivity index (χ1n) is 9.90. The van der Waals surface area contributed by atoms with Gasteiger partial charge < -0.3 is 20.5 Å². The molecule has 2 aromatic rings. The summed E-state index contributed by atoms with van der Waals surface area (Å²) in [6, 6.07) is 14.7. The highest BCUT2D eigenvalue weighted by molar-refractivity contribution is 5.96. The summed E-state index contributed by atoms with van der Waals surface area (Å²) in [4.78, 5) is 36.2. The molecule has 0 radical (unpaired) electrons. The lowest BCUT2D eigenvalue weighted by molar-refractivity contribution is -0.313. The lowest BCUT2D eigenvalue weighted by atomic mass is 9.78. The highest BCUT2D eigenvalue weighted by Crippen LogP contribution is 2.31. The predicted molar refractivity (Wildman–Crippen MR) is 109 cm³/mol. The summed E-state index contributed by atoms with van der Waals surface area (Å²) in [6.07, 6.45) is 2.96. The van der Waals surface area contributed by atoms with Crippen molar-refractivity contribution in [2.75, 3.05) is 10.6 Å². The van der Waals surface area contributed by atoms with Crippen molar-refractivity contribution < 1.29 is 19.5 Å². The monoisotopic (exact) mass is 393 g/mol. The zero-order valence-electron chi connectivity index (χ0n) is 16.4. The fourth-order valence-corrected chi connectivity index (χ4v) is 3.82. The first-order valence-corrected chi connectivity index (χ1v) is 9.90. The van der Waals surface area contributed by atoms with Crippen LogP contribution in [0.1, 0.15) is 36.8 Å². The minimum absolute atomic E-state index is 0.116. The van der Waals surface area contributed by atoms with E-state index < -0.39 is 17.8 Å². The number of aryl methyl sites for hydroxylation is 1. The van der Waals surface area contributed by atoms with E-state index in [9.17, 15) is 19.5 Å². The Morgan fingerprint density at radius 3 is 2.31 bits per heavy atom. The SMILES string of the molecule is Cc1cc(NC(=O)[C@@H]2CCCC[C@H]2C(=O)[O-])ccc1NC(=O)Cc1ccccc1. The van der Waals surface area contributed by atoms with Crippen LogP contribution in [0.5, 0.6) is 0 Å². The van der Waals surface area contributed by atoms with Crippen molar-refractivity contribution in [2.45, 2.75) is 39.0 Å². The number of hydrogen-bond acceptors (Lipinski definition) is 4. The molecule has 0 spiro atoms. The van der Waals surface area contributed by atoms with Gasteiger partial charge in [-0.05, 0) is 49.1 Å². The van der Waals surface area contributed by atoms with Crippen LogP contribution in [0.4, 0.5) is 11.4 Å². The number of carboxylic acid groups (broad SMARTS) is 1. The van der Waals surface area contributed by atoms with Gasteiger partial charge in [-0.2, -0.15) is 0 Å². The molecule has 2 amide bonds. The van der Waals surface area contributed by atoms with E-state index in [1.165, 1.54) is 0 Å². The normalized spacial score (nSPS) is 18.7. The fourth-order valence-electron chi connectivity index (χ4n) is 3.82. The Morgan fingerprint density at radius 1 is 0.966 bits per heavy atom. The molecule has 29 heavy (non-hydrogen) atoms. The van der Waals surface area contributed by atoms with E-state index in [4.69, 9.17) is 0 Å². The zero-order valence-corrected chi connectivity index (χ0v) is 16.4. The van der Waals surface area contributed by atoms with Gasteiger partial charge in [-0.1, -0.05) is 43.2 Å². The molecule has 0 aromatic heterocycles. The number of rotatable bonds is 6. The number of nitrogens with one attached hydrogen (secondary N) is 2. The van der Waals surface area contributed by atoms with Gasteiger partial charge in [0, 0.05) is 29.2 Å². The number of hydrogen-bond donors (Lipinski definition) is 2. The van der Waals surface area contributed by atoms with Crippen molar-refractivity contribution in [3.05, 3.63) is 59.7 Å². The maximum Gasteiger partial charge on any atom is 0.228 e. The van der Waals surface area contributed by atoms with Crippen LogP contribution < -0.4 is 15.7 Å². The number of carbonyl (C=O) groups excluding carboxylic acids is 3. The van der Waals surface area contributed by atoms with Crippen LogP contribution in [-0.2, 0) is 20.8 Å². The smallest absolute Gasteiger partial charge is 0.228 e. The van der Waals surface area contributed by atoms with Crippen LogP contribution in [0.2, 0.25) is 0 Å². The van der Waals surface area contributed by atoms with Crippen LogP contribution in [-0.4, -0.2) is 17.8 Å². The van der Waals surface area contributed by atoms with E-state index in [0.717, 1.165) is 24.0 Å². The van der Waals surface area contributed by atoms with Crippen LogP contribution in [0.15, 0.2) is 48.5 Å². The standard InChI is InChI=1S/C23H26N2O4/c1-15-13-17(24-22(27)18-9-5-6-10-19(18)23(28)29)11-12-20(15)25-21(26)14-16-7-3-2-4-8-16/h2-4,7-8,11-13,18-19H,5-6,9-10,14H2,1H3,(H,24,27)(H,25,26)(H,28,29)/p-1/t18-,19-/m1/s1. The molecule has 0 aliphatic heterocycles. The minimum atomic E-state index is -1.16. The molecule has 0 bridgehead atoms. The Labute approximate surface area is 170 Å². The summed E-state index contributed by atoms with van der Waals surface area (Å²) in [7, 11) is 0. The molecule has 0 heterocycles. The van der Waals surface area contributed by atoms with Gasteiger partial charge in [0.25, 0.3) is 0 Å². The Morgan fingerprint density at radius 2 is 1.66 bits per heavy atom. The number of carbonyl (C=O) groups is 3. The number of anilines is 2. The van der Waals surface area contributed by atoms with Gasteiger partial charge in [0.15, 0.2) is 0 Å². The topological polar surface area (TPSA) is 98.3 Å². The zero-order chi connectivity index (χ0) is 20.8. The summed E-state index contributed by atoms with van der Waals surface area (Å²) in [6.45, 7) is 1.85. The van der Waals surface area contributed by atoms with Gasteiger partial charge in [-0.15, -0.1) is 0 Å².